The van der Waals surface area contributed by atoms with Crippen LogP contribution >= 0.6 is 0 Å². The summed E-state index contributed by atoms with van der Waals surface area (Å²) in [6.45, 7) is 11.7. The van der Waals surface area contributed by atoms with E-state index in [0.29, 0.717) is 12.8 Å². The quantitative estimate of drug-likeness (QED) is 0.209. The molecule has 0 bridgehead atoms. The number of hydrogen-bond donors (Lipinski definition) is 2. The van der Waals surface area contributed by atoms with Crippen LogP contribution in [0.25, 0.3) is 0 Å². The van der Waals surface area contributed by atoms with Crippen molar-refractivity contribution >= 4 is 11.9 Å². The summed E-state index contributed by atoms with van der Waals surface area (Å²) in [5.74, 6) is -1.62. The van der Waals surface area contributed by atoms with E-state index in [1.807, 2.05) is 0 Å². The van der Waals surface area contributed by atoms with Crippen LogP contribution in [-0.2, 0) is 14.4 Å². The minimum absolute atomic E-state index is 0.133. The molecule has 2 N–H and O–H groups in total. The van der Waals surface area contributed by atoms with Gasteiger partial charge in [0.25, 0.3) is 0 Å². The summed E-state index contributed by atoms with van der Waals surface area (Å²) in [4.78, 5) is 29.1. The Morgan fingerprint density at radius 3 is 1.91 bits per heavy atom. The first-order valence-corrected chi connectivity index (χ1v) is 13.4. The fourth-order valence-corrected chi connectivity index (χ4v) is 5.74. The number of carbonyl (C=O) groups is 2. The van der Waals surface area contributed by atoms with Crippen molar-refractivity contribution in [3.05, 3.63) is 0 Å². The Labute approximate surface area is 202 Å². The van der Waals surface area contributed by atoms with Crippen LogP contribution in [0.4, 0.5) is 0 Å². The molecule has 194 valence electrons. The molecule has 1 fully saturated rings. The molecule has 0 amide bonds. The molecule has 0 aromatic carbocycles. The van der Waals surface area contributed by atoms with E-state index in [9.17, 15) is 14.7 Å². The lowest BCUT2D eigenvalue weighted by atomic mass is 9.69. The summed E-state index contributed by atoms with van der Waals surface area (Å²) in [7, 11) is 0. The molecule has 0 saturated carbocycles. The molecule has 1 atom stereocenters. The number of nitrogens with zero attached hydrogens (tertiary/aromatic N) is 1. The number of rotatable bonds is 18. The van der Waals surface area contributed by atoms with Crippen molar-refractivity contribution < 1.29 is 24.6 Å². The third-order valence-corrected chi connectivity index (χ3v) is 7.13. The van der Waals surface area contributed by atoms with Gasteiger partial charge in [-0.1, -0.05) is 64.7 Å². The van der Waals surface area contributed by atoms with Gasteiger partial charge in [-0.15, -0.1) is 0 Å². The van der Waals surface area contributed by atoms with E-state index in [2.05, 4.69) is 39.7 Å². The predicted molar refractivity (Wildman–Crippen MR) is 133 cm³/mol. The summed E-state index contributed by atoms with van der Waals surface area (Å²) in [6, 6.07) is 0. The highest BCUT2D eigenvalue weighted by Crippen LogP contribution is 2.45. The Hall–Kier alpha value is -1.14. The smallest absolute Gasteiger partial charge is 0.306 e. The third kappa shape index (κ3) is 11.2. The summed E-state index contributed by atoms with van der Waals surface area (Å²) >= 11 is 0. The Balaban J connectivity index is 2.54. The molecule has 1 heterocycles. The van der Waals surface area contributed by atoms with Crippen LogP contribution < -0.4 is 0 Å². The summed E-state index contributed by atoms with van der Waals surface area (Å²) in [5, 5.41) is 20.9. The maximum absolute atomic E-state index is 12.2. The van der Waals surface area contributed by atoms with Crippen LogP contribution in [0.3, 0.4) is 0 Å². The van der Waals surface area contributed by atoms with E-state index >= 15 is 0 Å². The predicted octanol–water partition coefficient (Wildman–Crippen LogP) is 7.06. The van der Waals surface area contributed by atoms with Gasteiger partial charge in [-0.05, 0) is 65.7 Å². The first-order valence-electron chi connectivity index (χ1n) is 13.4. The zero-order valence-electron chi connectivity index (χ0n) is 22.0. The van der Waals surface area contributed by atoms with Crippen molar-refractivity contribution in [1.82, 2.24) is 5.06 Å². The van der Waals surface area contributed by atoms with Crippen LogP contribution in [0.15, 0.2) is 0 Å². The third-order valence-electron chi connectivity index (χ3n) is 7.13. The Bertz CT molecular complexity index is 557. The van der Waals surface area contributed by atoms with E-state index in [1.165, 1.54) is 32.1 Å². The van der Waals surface area contributed by atoms with E-state index in [4.69, 9.17) is 9.94 Å². The summed E-state index contributed by atoms with van der Waals surface area (Å²) in [5.41, 5.74) is -0.418. The minimum Gasteiger partial charge on any atom is -0.481 e. The van der Waals surface area contributed by atoms with E-state index in [-0.39, 0.29) is 29.3 Å². The van der Waals surface area contributed by atoms with Crippen molar-refractivity contribution in [2.45, 2.75) is 142 Å². The Morgan fingerprint density at radius 1 is 0.848 bits per heavy atom. The molecule has 33 heavy (non-hydrogen) atoms. The zero-order valence-corrected chi connectivity index (χ0v) is 22.0. The average molecular weight is 470 g/mol. The van der Waals surface area contributed by atoms with Crippen LogP contribution in [-0.4, -0.2) is 44.9 Å². The molecule has 0 aliphatic carbocycles. The molecule has 1 saturated heterocycles. The maximum atomic E-state index is 12.2. The largest absolute Gasteiger partial charge is 0.481 e. The molecule has 0 aromatic rings. The van der Waals surface area contributed by atoms with Crippen molar-refractivity contribution in [3.8, 4) is 0 Å². The molecular formula is C27H51NO5. The molecule has 1 unspecified atom stereocenters. The number of hydroxylamine groups is 2. The number of hydrogen-bond acceptors (Lipinski definition) is 4. The van der Waals surface area contributed by atoms with E-state index in [1.54, 1.807) is 0 Å². The molecule has 0 aromatic heterocycles. The zero-order chi connectivity index (χ0) is 24.9. The Morgan fingerprint density at radius 2 is 1.36 bits per heavy atom. The standard InChI is InChI=1S/C27H51NO5/c1-6-7-8-9-13-16-19-33-28-26(2,3)20-22(21-27(28,4)5)23(25(31)32)17-14-11-10-12-15-18-24(29)30/h22-23H,6-21H2,1-5H3,(H,29,30)(H,31,32). The van der Waals surface area contributed by atoms with Crippen molar-refractivity contribution in [1.29, 1.82) is 0 Å². The molecular weight excluding hydrogens is 418 g/mol. The summed E-state index contributed by atoms with van der Waals surface area (Å²) in [6.07, 6.45) is 14.4. The number of carboxylic acids is 2. The highest BCUT2D eigenvalue weighted by Gasteiger charge is 2.49. The molecule has 1 rings (SSSR count). The van der Waals surface area contributed by atoms with Gasteiger partial charge in [-0.3, -0.25) is 14.4 Å². The normalized spacial score (nSPS) is 19.4. The van der Waals surface area contributed by atoms with Gasteiger partial charge in [-0.2, -0.15) is 5.06 Å². The number of piperidine rings is 1. The lowest BCUT2D eigenvalue weighted by Crippen LogP contribution is -2.61. The van der Waals surface area contributed by atoms with Gasteiger partial charge in [0.2, 0.25) is 0 Å². The second-order valence-corrected chi connectivity index (χ2v) is 11.3. The highest BCUT2D eigenvalue weighted by molar-refractivity contribution is 5.70. The molecule has 6 nitrogen and oxygen atoms in total. The first-order chi connectivity index (χ1) is 15.5. The van der Waals surface area contributed by atoms with E-state index < -0.39 is 11.9 Å². The van der Waals surface area contributed by atoms with Crippen LogP contribution in [0.5, 0.6) is 0 Å². The van der Waals surface area contributed by atoms with E-state index in [0.717, 1.165) is 51.6 Å². The van der Waals surface area contributed by atoms with Crippen molar-refractivity contribution in [3.63, 3.8) is 0 Å². The number of carboxylic acid groups (broad SMARTS) is 2. The summed E-state index contributed by atoms with van der Waals surface area (Å²) < 4.78 is 0. The van der Waals surface area contributed by atoms with Gasteiger partial charge < -0.3 is 10.2 Å². The maximum Gasteiger partial charge on any atom is 0.306 e. The molecule has 1 aliphatic rings. The minimum atomic E-state index is -0.742. The monoisotopic (exact) mass is 469 g/mol. The van der Waals surface area contributed by atoms with Gasteiger partial charge >= 0.3 is 11.9 Å². The SMILES string of the molecule is CCCCCCCCON1C(C)(C)CC(C(CCCCCCCC(=O)O)C(=O)O)CC1(C)C. The van der Waals surface area contributed by atoms with Gasteiger partial charge in [0.15, 0.2) is 0 Å². The van der Waals surface area contributed by atoms with Crippen LogP contribution in [0, 0.1) is 11.8 Å². The van der Waals surface area contributed by atoms with Gasteiger partial charge in [-0.25, -0.2) is 0 Å². The molecule has 0 spiro atoms. The van der Waals surface area contributed by atoms with Crippen molar-refractivity contribution in [2.24, 2.45) is 11.8 Å². The second kappa shape index (κ2) is 15.0. The lowest BCUT2D eigenvalue weighted by molar-refractivity contribution is -0.290. The molecule has 0 radical (unpaired) electrons. The number of unbranched alkanes of at least 4 members (excludes halogenated alkanes) is 9. The highest BCUT2D eigenvalue weighted by atomic mass is 16.7. The van der Waals surface area contributed by atoms with Gasteiger partial charge in [0, 0.05) is 17.5 Å². The average Bonchev–Trinajstić information content (AvgIpc) is 2.69. The number of aliphatic carboxylic acids is 2. The van der Waals surface area contributed by atoms with Gasteiger partial charge in [0.1, 0.15) is 0 Å². The van der Waals surface area contributed by atoms with Gasteiger partial charge in [0.05, 0.1) is 12.5 Å². The fourth-order valence-electron chi connectivity index (χ4n) is 5.74. The van der Waals surface area contributed by atoms with Crippen molar-refractivity contribution in [2.75, 3.05) is 6.61 Å². The Kier molecular flexibility index (Phi) is 13.6. The van der Waals surface area contributed by atoms with Crippen LogP contribution in [0.2, 0.25) is 0 Å². The first kappa shape index (κ1) is 29.9. The van der Waals surface area contributed by atoms with Crippen LogP contribution in [0.1, 0.15) is 131 Å². The lowest BCUT2D eigenvalue weighted by Gasteiger charge is -2.54. The fraction of sp³-hybridized carbons (Fsp3) is 0.926. The molecule has 6 heteroatoms. The second-order valence-electron chi connectivity index (χ2n) is 11.3. The topological polar surface area (TPSA) is 87.1 Å². The molecule has 1 aliphatic heterocycles.